The largest absolute Gasteiger partial charge is 0.459 e. The van der Waals surface area contributed by atoms with Gasteiger partial charge in [0.05, 0.1) is 6.04 Å². The van der Waals surface area contributed by atoms with Crippen molar-refractivity contribution in [3.8, 4) is 0 Å². The molecule has 0 aliphatic heterocycles. The highest BCUT2D eigenvalue weighted by Gasteiger charge is 2.19. The maximum Gasteiger partial charge on any atom is 0.134 e. The summed E-state index contributed by atoms with van der Waals surface area (Å²) in [5.41, 5.74) is 3.25. The first kappa shape index (κ1) is 14.6. The molecule has 0 saturated carbocycles. The Morgan fingerprint density at radius 3 is 2.76 bits per heavy atom. The Labute approximate surface area is 137 Å². The van der Waals surface area contributed by atoms with Crippen molar-refractivity contribution in [1.82, 2.24) is 5.32 Å². The average Bonchev–Trinajstić information content (AvgIpc) is 2.87. The molecule has 0 spiro atoms. The molecule has 0 fully saturated rings. The van der Waals surface area contributed by atoms with Crippen molar-refractivity contribution in [2.45, 2.75) is 13.0 Å². The minimum atomic E-state index is 0.00803. The molecule has 1 atom stereocenters. The Hall–Kier alpha value is -1.29. The van der Waals surface area contributed by atoms with Gasteiger partial charge in [-0.1, -0.05) is 39.7 Å². The van der Waals surface area contributed by atoms with Crippen molar-refractivity contribution in [1.29, 1.82) is 0 Å². The monoisotopic (exact) mass is 363 g/mol. The fourth-order valence-corrected chi connectivity index (χ4v) is 3.13. The van der Waals surface area contributed by atoms with Crippen molar-refractivity contribution in [2.24, 2.45) is 0 Å². The van der Waals surface area contributed by atoms with E-state index in [9.17, 15) is 0 Å². The second-order valence-corrected chi connectivity index (χ2v) is 6.30. The third-order valence-corrected chi connectivity index (χ3v) is 4.79. The standard InChI is InChI=1S/C17H15BrClNO/c1-10-13(4-3-5-14(10)18)17(20-2)16-9-11-8-12(19)6-7-15(11)21-16/h3-9,17,20H,1-2H3. The third kappa shape index (κ3) is 2.73. The quantitative estimate of drug-likeness (QED) is 0.667. The van der Waals surface area contributed by atoms with Crippen LogP contribution in [-0.4, -0.2) is 7.05 Å². The molecular formula is C17H15BrClNO. The molecule has 1 aromatic heterocycles. The van der Waals surface area contributed by atoms with Crippen LogP contribution >= 0.6 is 27.5 Å². The molecule has 4 heteroatoms. The van der Waals surface area contributed by atoms with Gasteiger partial charge in [0, 0.05) is 14.9 Å². The van der Waals surface area contributed by atoms with Crippen molar-refractivity contribution in [2.75, 3.05) is 7.05 Å². The Morgan fingerprint density at radius 2 is 2.00 bits per heavy atom. The van der Waals surface area contributed by atoms with E-state index in [1.54, 1.807) is 0 Å². The minimum absolute atomic E-state index is 0.00803. The minimum Gasteiger partial charge on any atom is -0.459 e. The van der Waals surface area contributed by atoms with E-state index in [-0.39, 0.29) is 6.04 Å². The molecule has 21 heavy (non-hydrogen) atoms. The predicted octanol–water partition coefficient (Wildman–Crippen LogP) is 5.47. The molecule has 0 bridgehead atoms. The molecule has 0 radical (unpaired) electrons. The predicted molar refractivity (Wildman–Crippen MR) is 91.0 cm³/mol. The normalized spacial score (nSPS) is 12.8. The lowest BCUT2D eigenvalue weighted by Crippen LogP contribution is -2.18. The Balaban J connectivity index is 2.11. The summed E-state index contributed by atoms with van der Waals surface area (Å²) >= 11 is 9.63. The van der Waals surface area contributed by atoms with E-state index < -0.39 is 0 Å². The highest BCUT2D eigenvalue weighted by Crippen LogP contribution is 2.32. The molecule has 3 rings (SSSR count). The lowest BCUT2D eigenvalue weighted by atomic mass is 9.99. The third-order valence-electron chi connectivity index (χ3n) is 3.69. The van der Waals surface area contributed by atoms with E-state index in [4.69, 9.17) is 16.0 Å². The molecule has 1 unspecified atom stereocenters. The molecule has 0 saturated heterocycles. The van der Waals surface area contributed by atoms with Crippen LogP contribution in [-0.2, 0) is 0 Å². The van der Waals surface area contributed by atoms with Crippen LogP contribution in [0.2, 0.25) is 5.02 Å². The second kappa shape index (κ2) is 5.84. The van der Waals surface area contributed by atoms with Gasteiger partial charge in [-0.15, -0.1) is 0 Å². The number of furan rings is 1. The Morgan fingerprint density at radius 1 is 1.19 bits per heavy atom. The van der Waals surface area contributed by atoms with Crippen LogP contribution in [0.25, 0.3) is 11.0 Å². The summed E-state index contributed by atoms with van der Waals surface area (Å²) in [6.45, 7) is 2.10. The first-order valence-electron chi connectivity index (χ1n) is 6.71. The molecule has 1 heterocycles. The van der Waals surface area contributed by atoms with Gasteiger partial charge in [0.2, 0.25) is 0 Å². The summed E-state index contributed by atoms with van der Waals surface area (Å²) in [6.07, 6.45) is 0. The molecule has 1 N–H and O–H groups in total. The molecule has 3 aromatic rings. The van der Waals surface area contributed by atoms with Gasteiger partial charge >= 0.3 is 0 Å². The Bertz CT molecular complexity index is 797. The Kier molecular flexibility index (Phi) is 4.07. The van der Waals surface area contributed by atoms with Crippen LogP contribution < -0.4 is 5.32 Å². The van der Waals surface area contributed by atoms with E-state index in [2.05, 4.69) is 34.2 Å². The van der Waals surface area contributed by atoms with Gasteiger partial charge in [-0.05, 0) is 55.4 Å². The van der Waals surface area contributed by atoms with Gasteiger partial charge in [-0.3, -0.25) is 0 Å². The number of fused-ring (bicyclic) bond motifs is 1. The molecule has 0 aliphatic rings. The molecule has 2 nitrogen and oxygen atoms in total. The van der Waals surface area contributed by atoms with Crippen molar-refractivity contribution in [3.05, 3.63) is 68.8 Å². The number of hydrogen-bond donors (Lipinski definition) is 1. The molecule has 2 aromatic carbocycles. The van der Waals surface area contributed by atoms with Crippen LogP contribution in [0, 0.1) is 6.92 Å². The van der Waals surface area contributed by atoms with Gasteiger partial charge < -0.3 is 9.73 Å². The summed E-state index contributed by atoms with van der Waals surface area (Å²) in [5.74, 6) is 0.885. The van der Waals surface area contributed by atoms with E-state index in [0.29, 0.717) is 0 Å². The smallest absolute Gasteiger partial charge is 0.134 e. The zero-order chi connectivity index (χ0) is 15.0. The first-order chi connectivity index (χ1) is 10.1. The summed E-state index contributed by atoms with van der Waals surface area (Å²) in [7, 11) is 1.94. The highest BCUT2D eigenvalue weighted by molar-refractivity contribution is 9.10. The van der Waals surface area contributed by atoms with Crippen molar-refractivity contribution < 1.29 is 4.42 Å². The second-order valence-electron chi connectivity index (χ2n) is 5.01. The van der Waals surface area contributed by atoms with Crippen molar-refractivity contribution in [3.63, 3.8) is 0 Å². The van der Waals surface area contributed by atoms with E-state index >= 15 is 0 Å². The number of halogens is 2. The molecule has 0 amide bonds. The first-order valence-corrected chi connectivity index (χ1v) is 7.88. The number of benzene rings is 2. The highest BCUT2D eigenvalue weighted by atomic mass is 79.9. The van der Waals surface area contributed by atoms with Crippen LogP contribution in [0.3, 0.4) is 0 Å². The van der Waals surface area contributed by atoms with E-state index in [1.165, 1.54) is 11.1 Å². The number of nitrogens with one attached hydrogen (secondary N) is 1. The summed E-state index contributed by atoms with van der Waals surface area (Å²) < 4.78 is 7.09. The van der Waals surface area contributed by atoms with E-state index in [1.807, 2.05) is 43.4 Å². The lowest BCUT2D eigenvalue weighted by molar-refractivity contribution is 0.490. The maximum absolute atomic E-state index is 6.04. The van der Waals surface area contributed by atoms with Gasteiger partial charge in [-0.25, -0.2) is 0 Å². The zero-order valence-corrected chi connectivity index (χ0v) is 14.1. The maximum atomic E-state index is 6.04. The van der Waals surface area contributed by atoms with Gasteiger partial charge in [0.1, 0.15) is 11.3 Å². The fraction of sp³-hybridized carbons (Fsp3) is 0.176. The van der Waals surface area contributed by atoms with Crippen LogP contribution in [0.5, 0.6) is 0 Å². The molecular weight excluding hydrogens is 350 g/mol. The van der Waals surface area contributed by atoms with Crippen LogP contribution in [0.15, 0.2) is 51.4 Å². The lowest BCUT2D eigenvalue weighted by Gasteiger charge is -2.17. The van der Waals surface area contributed by atoms with Crippen molar-refractivity contribution >= 4 is 38.5 Å². The molecule has 108 valence electrons. The topological polar surface area (TPSA) is 25.2 Å². The average molecular weight is 365 g/mol. The van der Waals surface area contributed by atoms with Crippen LogP contribution in [0.4, 0.5) is 0 Å². The van der Waals surface area contributed by atoms with Gasteiger partial charge in [0.25, 0.3) is 0 Å². The fourth-order valence-electron chi connectivity index (χ4n) is 2.56. The summed E-state index contributed by atoms with van der Waals surface area (Å²) in [5, 5.41) is 5.07. The SMILES string of the molecule is CNC(c1cc2cc(Cl)ccc2o1)c1cccc(Br)c1C. The number of hydrogen-bond acceptors (Lipinski definition) is 2. The number of rotatable bonds is 3. The van der Waals surface area contributed by atoms with Gasteiger partial charge in [0.15, 0.2) is 0 Å². The zero-order valence-electron chi connectivity index (χ0n) is 11.8. The van der Waals surface area contributed by atoms with Crippen LogP contribution in [0.1, 0.15) is 22.9 Å². The van der Waals surface area contributed by atoms with E-state index in [0.717, 1.165) is 26.2 Å². The van der Waals surface area contributed by atoms with Gasteiger partial charge in [-0.2, -0.15) is 0 Å². The summed E-state index contributed by atoms with van der Waals surface area (Å²) in [4.78, 5) is 0. The molecule has 0 aliphatic carbocycles. The summed E-state index contributed by atoms with van der Waals surface area (Å²) in [6, 6.07) is 13.9.